The van der Waals surface area contributed by atoms with Crippen LogP contribution in [0.2, 0.25) is 0 Å². The Kier molecular flexibility index (Phi) is 5.10. The minimum atomic E-state index is -0.291. The second-order valence-electron chi connectivity index (χ2n) is 6.98. The van der Waals surface area contributed by atoms with Crippen molar-refractivity contribution in [3.8, 4) is 16.9 Å². The van der Waals surface area contributed by atoms with Gasteiger partial charge in [-0.1, -0.05) is 39.8 Å². The molecule has 1 N–H and O–H groups in total. The van der Waals surface area contributed by atoms with Gasteiger partial charge < -0.3 is 9.84 Å². The van der Waals surface area contributed by atoms with Crippen LogP contribution in [0.15, 0.2) is 30.3 Å². The fraction of sp³-hybridized carbons (Fsp3) is 0.450. The number of rotatable bonds is 5. The number of aromatic nitrogens is 1. The quantitative estimate of drug-likeness (QED) is 0.886. The van der Waals surface area contributed by atoms with Crippen LogP contribution in [0, 0.1) is 6.92 Å². The van der Waals surface area contributed by atoms with Crippen LogP contribution in [-0.4, -0.2) is 23.8 Å². The number of ether oxygens (including phenoxy) is 1. The highest BCUT2D eigenvalue weighted by Crippen LogP contribution is 2.36. The van der Waals surface area contributed by atoms with E-state index in [1.165, 1.54) is 0 Å². The van der Waals surface area contributed by atoms with E-state index in [4.69, 9.17) is 9.72 Å². The number of pyridine rings is 1. The third-order valence-electron chi connectivity index (χ3n) is 4.37. The van der Waals surface area contributed by atoms with Crippen LogP contribution < -0.4 is 4.74 Å². The summed E-state index contributed by atoms with van der Waals surface area (Å²) in [5.41, 5.74) is 4.97. The first-order chi connectivity index (χ1) is 10.8. The lowest BCUT2D eigenvalue weighted by atomic mass is 9.84. The highest BCUT2D eigenvalue weighted by atomic mass is 16.5. The molecule has 0 aliphatic rings. The second-order valence-corrected chi connectivity index (χ2v) is 6.98. The molecule has 23 heavy (non-hydrogen) atoms. The van der Waals surface area contributed by atoms with Crippen LogP contribution in [0.3, 0.4) is 0 Å². The van der Waals surface area contributed by atoms with Gasteiger partial charge in [-0.05, 0) is 36.6 Å². The van der Waals surface area contributed by atoms with Crippen LogP contribution in [0.25, 0.3) is 11.1 Å². The largest absolute Gasteiger partial charge is 0.496 e. The number of hydrogen-bond acceptors (Lipinski definition) is 3. The van der Waals surface area contributed by atoms with Gasteiger partial charge in [0.05, 0.1) is 13.7 Å². The van der Waals surface area contributed by atoms with Crippen molar-refractivity contribution in [2.24, 2.45) is 0 Å². The molecule has 0 aliphatic carbocycles. The van der Waals surface area contributed by atoms with Gasteiger partial charge in [0, 0.05) is 27.9 Å². The van der Waals surface area contributed by atoms with Crippen LogP contribution in [0.4, 0.5) is 0 Å². The highest BCUT2D eigenvalue weighted by Gasteiger charge is 2.22. The predicted octanol–water partition coefficient (Wildman–Crippen LogP) is 4.46. The number of nitrogens with zero attached hydrogens (tertiary/aromatic N) is 1. The predicted molar refractivity (Wildman–Crippen MR) is 95.2 cm³/mol. The van der Waals surface area contributed by atoms with E-state index in [0.29, 0.717) is 5.92 Å². The maximum absolute atomic E-state index is 9.64. The zero-order chi connectivity index (χ0) is 17.2. The Morgan fingerprint density at radius 2 is 1.83 bits per heavy atom. The Bertz CT molecular complexity index is 690. The molecule has 0 amide bonds. The Hall–Kier alpha value is -1.87. The zero-order valence-corrected chi connectivity index (χ0v) is 15.0. The summed E-state index contributed by atoms with van der Waals surface area (Å²) in [5.74, 6) is 1.23. The molecule has 0 fully saturated rings. The van der Waals surface area contributed by atoms with Crippen molar-refractivity contribution >= 4 is 0 Å². The molecule has 0 bridgehead atoms. The lowest BCUT2D eigenvalue weighted by Gasteiger charge is -2.24. The Labute approximate surface area is 139 Å². The SMILES string of the molecule is COc1ccc(C(C)(C)CO)cc1-c1ccc(C(C)C)nc1C. The van der Waals surface area contributed by atoms with Crippen molar-refractivity contribution in [2.75, 3.05) is 13.7 Å². The van der Waals surface area contributed by atoms with Crippen molar-refractivity contribution in [1.82, 2.24) is 4.98 Å². The molecule has 0 saturated heterocycles. The molecular weight excluding hydrogens is 286 g/mol. The Balaban J connectivity index is 2.59. The molecule has 0 saturated carbocycles. The number of hydrogen-bond donors (Lipinski definition) is 1. The Morgan fingerprint density at radius 3 is 2.35 bits per heavy atom. The smallest absolute Gasteiger partial charge is 0.126 e. The molecule has 0 radical (unpaired) electrons. The molecule has 1 heterocycles. The van der Waals surface area contributed by atoms with Gasteiger partial charge in [-0.15, -0.1) is 0 Å². The topological polar surface area (TPSA) is 42.4 Å². The molecule has 3 nitrogen and oxygen atoms in total. The highest BCUT2D eigenvalue weighted by molar-refractivity contribution is 5.73. The molecule has 1 aromatic heterocycles. The van der Waals surface area contributed by atoms with Gasteiger partial charge in [-0.2, -0.15) is 0 Å². The van der Waals surface area contributed by atoms with Gasteiger partial charge in [0.25, 0.3) is 0 Å². The van der Waals surface area contributed by atoms with Gasteiger partial charge >= 0.3 is 0 Å². The number of aliphatic hydroxyl groups is 1. The molecule has 0 unspecified atom stereocenters. The van der Waals surface area contributed by atoms with Crippen molar-refractivity contribution in [2.45, 2.75) is 46.0 Å². The summed E-state index contributed by atoms with van der Waals surface area (Å²) in [7, 11) is 1.68. The van der Waals surface area contributed by atoms with E-state index in [9.17, 15) is 5.11 Å². The van der Waals surface area contributed by atoms with Crippen molar-refractivity contribution in [3.63, 3.8) is 0 Å². The number of aryl methyl sites for hydroxylation is 1. The maximum atomic E-state index is 9.64. The fourth-order valence-corrected chi connectivity index (χ4v) is 2.62. The van der Waals surface area contributed by atoms with Crippen LogP contribution in [-0.2, 0) is 5.41 Å². The molecule has 124 valence electrons. The van der Waals surface area contributed by atoms with Crippen LogP contribution in [0.5, 0.6) is 5.75 Å². The van der Waals surface area contributed by atoms with E-state index in [-0.39, 0.29) is 12.0 Å². The number of aliphatic hydroxyl groups excluding tert-OH is 1. The fourth-order valence-electron chi connectivity index (χ4n) is 2.62. The first kappa shape index (κ1) is 17.5. The summed E-state index contributed by atoms with van der Waals surface area (Å²) < 4.78 is 5.54. The van der Waals surface area contributed by atoms with E-state index in [2.05, 4.69) is 32.0 Å². The average molecular weight is 313 g/mol. The summed E-state index contributed by atoms with van der Waals surface area (Å²) in [6.45, 7) is 10.5. The van der Waals surface area contributed by atoms with Gasteiger partial charge in [0.15, 0.2) is 0 Å². The molecule has 2 rings (SSSR count). The first-order valence-corrected chi connectivity index (χ1v) is 8.07. The monoisotopic (exact) mass is 313 g/mol. The van der Waals surface area contributed by atoms with E-state index < -0.39 is 0 Å². The third kappa shape index (κ3) is 3.56. The van der Waals surface area contributed by atoms with E-state index in [1.807, 2.05) is 32.9 Å². The first-order valence-electron chi connectivity index (χ1n) is 8.07. The number of benzene rings is 1. The van der Waals surface area contributed by atoms with E-state index in [1.54, 1.807) is 7.11 Å². The van der Waals surface area contributed by atoms with Crippen molar-refractivity contribution < 1.29 is 9.84 Å². The second kappa shape index (κ2) is 6.71. The zero-order valence-electron chi connectivity index (χ0n) is 15.0. The molecule has 0 spiro atoms. The van der Waals surface area contributed by atoms with Gasteiger partial charge in [0.2, 0.25) is 0 Å². The van der Waals surface area contributed by atoms with Crippen LogP contribution >= 0.6 is 0 Å². The van der Waals surface area contributed by atoms with E-state index >= 15 is 0 Å². The van der Waals surface area contributed by atoms with Crippen molar-refractivity contribution in [3.05, 3.63) is 47.3 Å². The van der Waals surface area contributed by atoms with Crippen molar-refractivity contribution in [1.29, 1.82) is 0 Å². The van der Waals surface area contributed by atoms with Gasteiger partial charge in [0.1, 0.15) is 5.75 Å². The lowest BCUT2D eigenvalue weighted by molar-refractivity contribution is 0.218. The average Bonchev–Trinajstić information content (AvgIpc) is 2.54. The lowest BCUT2D eigenvalue weighted by Crippen LogP contribution is -2.22. The molecule has 3 heteroatoms. The maximum Gasteiger partial charge on any atom is 0.126 e. The van der Waals surface area contributed by atoms with Gasteiger partial charge in [-0.3, -0.25) is 4.98 Å². The summed E-state index contributed by atoms with van der Waals surface area (Å²) >= 11 is 0. The normalized spacial score (nSPS) is 11.8. The van der Waals surface area contributed by atoms with Crippen LogP contribution in [0.1, 0.15) is 50.6 Å². The molecule has 1 aromatic carbocycles. The molecule has 0 aliphatic heterocycles. The summed E-state index contributed by atoms with van der Waals surface area (Å²) in [6.07, 6.45) is 0. The molecular formula is C20H27NO2. The number of methoxy groups -OCH3 is 1. The molecule has 0 atom stereocenters. The summed E-state index contributed by atoms with van der Waals surface area (Å²) in [5, 5.41) is 9.64. The van der Waals surface area contributed by atoms with Gasteiger partial charge in [-0.25, -0.2) is 0 Å². The summed E-state index contributed by atoms with van der Waals surface area (Å²) in [6, 6.07) is 10.3. The minimum Gasteiger partial charge on any atom is -0.496 e. The summed E-state index contributed by atoms with van der Waals surface area (Å²) in [4.78, 5) is 4.73. The Morgan fingerprint density at radius 1 is 1.13 bits per heavy atom. The molecule has 2 aromatic rings. The van der Waals surface area contributed by atoms with E-state index in [0.717, 1.165) is 33.8 Å². The minimum absolute atomic E-state index is 0.0995. The third-order valence-corrected chi connectivity index (χ3v) is 4.37. The standard InChI is InChI=1S/C20H27NO2/c1-13(2)18-9-8-16(14(3)21-18)17-11-15(20(4,5)12-22)7-10-19(17)23-6/h7-11,13,22H,12H2,1-6H3.